The summed E-state index contributed by atoms with van der Waals surface area (Å²) in [6.07, 6.45) is 0.746. The number of hydrogen-bond acceptors (Lipinski definition) is 4. The van der Waals surface area contributed by atoms with Gasteiger partial charge in [0, 0.05) is 6.04 Å². The monoisotopic (exact) mass is 279 g/mol. The molecule has 1 atom stereocenters. The molecule has 0 saturated carbocycles. The van der Waals surface area contributed by atoms with Crippen LogP contribution in [0.15, 0.2) is 18.2 Å². The number of carbonyl (C=O) groups excluding carboxylic acids is 1. The Kier molecular flexibility index (Phi) is 5.57. The van der Waals surface area contributed by atoms with Crippen LogP contribution >= 0.6 is 0 Å². The average Bonchev–Trinajstić information content (AvgIpc) is 2.36. The van der Waals surface area contributed by atoms with Gasteiger partial charge in [0.2, 0.25) is 0 Å². The largest absolute Gasteiger partial charge is 0.492 e. The first-order valence-electron chi connectivity index (χ1n) is 6.82. The quantitative estimate of drug-likeness (QED) is 0.813. The predicted octanol–water partition coefficient (Wildman–Crippen LogP) is 2.46. The van der Waals surface area contributed by atoms with Crippen LogP contribution in [0.4, 0.5) is 0 Å². The molecule has 0 saturated heterocycles. The Morgan fingerprint density at radius 3 is 2.60 bits per heavy atom. The SMILES string of the molecule is COC(=O)C(C)(C)COc1ccc(C)cc1CC(C)N. The lowest BCUT2D eigenvalue weighted by Gasteiger charge is -2.23. The van der Waals surface area contributed by atoms with Crippen molar-refractivity contribution in [1.82, 2.24) is 0 Å². The first-order chi connectivity index (χ1) is 9.26. The molecular formula is C16H25NO3. The van der Waals surface area contributed by atoms with Gasteiger partial charge in [-0.3, -0.25) is 4.79 Å². The Bertz CT molecular complexity index is 467. The third-order valence-electron chi connectivity index (χ3n) is 3.08. The molecule has 1 aromatic carbocycles. The molecule has 0 heterocycles. The third kappa shape index (κ3) is 4.53. The normalized spacial score (nSPS) is 12.9. The van der Waals surface area contributed by atoms with Crippen LogP contribution in [-0.2, 0) is 16.0 Å². The number of methoxy groups -OCH3 is 1. The molecule has 1 aromatic rings. The lowest BCUT2D eigenvalue weighted by Crippen LogP contribution is -2.32. The summed E-state index contributed by atoms with van der Waals surface area (Å²) < 4.78 is 10.6. The van der Waals surface area contributed by atoms with Gasteiger partial charge in [-0.1, -0.05) is 17.7 Å². The summed E-state index contributed by atoms with van der Waals surface area (Å²) in [5, 5.41) is 0. The molecule has 0 bridgehead atoms. The van der Waals surface area contributed by atoms with Gasteiger partial charge in [-0.05, 0) is 45.7 Å². The molecule has 1 rings (SSSR count). The summed E-state index contributed by atoms with van der Waals surface area (Å²) in [5.41, 5.74) is 7.43. The highest BCUT2D eigenvalue weighted by Crippen LogP contribution is 2.25. The second kappa shape index (κ2) is 6.75. The van der Waals surface area contributed by atoms with E-state index >= 15 is 0 Å². The van der Waals surface area contributed by atoms with Crippen LogP contribution in [0.5, 0.6) is 5.75 Å². The smallest absolute Gasteiger partial charge is 0.314 e. The zero-order chi connectivity index (χ0) is 15.3. The molecule has 0 radical (unpaired) electrons. The fourth-order valence-electron chi connectivity index (χ4n) is 1.95. The molecule has 0 aromatic heterocycles. The minimum absolute atomic E-state index is 0.0627. The Labute approximate surface area is 121 Å². The Balaban J connectivity index is 2.84. The first kappa shape index (κ1) is 16.5. The average molecular weight is 279 g/mol. The number of carbonyl (C=O) groups is 1. The summed E-state index contributed by atoms with van der Waals surface area (Å²) >= 11 is 0. The minimum Gasteiger partial charge on any atom is -0.492 e. The highest BCUT2D eigenvalue weighted by Gasteiger charge is 2.30. The van der Waals surface area contributed by atoms with Crippen LogP contribution in [-0.4, -0.2) is 25.7 Å². The van der Waals surface area contributed by atoms with E-state index in [0.29, 0.717) is 0 Å². The zero-order valence-electron chi connectivity index (χ0n) is 13.0. The fourth-order valence-corrected chi connectivity index (χ4v) is 1.95. The Hall–Kier alpha value is -1.55. The van der Waals surface area contributed by atoms with Crippen molar-refractivity contribution in [3.05, 3.63) is 29.3 Å². The molecule has 4 nitrogen and oxygen atoms in total. The minimum atomic E-state index is -0.675. The number of rotatable bonds is 6. The van der Waals surface area contributed by atoms with Gasteiger partial charge in [0.05, 0.1) is 12.5 Å². The maximum atomic E-state index is 11.6. The molecule has 4 heteroatoms. The molecular weight excluding hydrogens is 254 g/mol. The molecule has 2 N–H and O–H groups in total. The van der Waals surface area contributed by atoms with Gasteiger partial charge in [-0.2, -0.15) is 0 Å². The van der Waals surface area contributed by atoms with Gasteiger partial charge in [-0.15, -0.1) is 0 Å². The number of esters is 1. The van der Waals surface area contributed by atoms with Crippen molar-refractivity contribution >= 4 is 5.97 Å². The van der Waals surface area contributed by atoms with E-state index in [1.54, 1.807) is 13.8 Å². The zero-order valence-corrected chi connectivity index (χ0v) is 13.0. The van der Waals surface area contributed by atoms with E-state index in [0.717, 1.165) is 17.7 Å². The van der Waals surface area contributed by atoms with E-state index < -0.39 is 5.41 Å². The Morgan fingerprint density at radius 1 is 1.40 bits per heavy atom. The molecule has 0 aliphatic heterocycles. The molecule has 1 unspecified atom stereocenters. The lowest BCUT2D eigenvalue weighted by atomic mass is 9.95. The van der Waals surface area contributed by atoms with Gasteiger partial charge >= 0.3 is 5.97 Å². The third-order valence-corrected chi connectivity index (χ3v) is 3.08. The second-order valence-electron chi connectivity index (χ2n) is 5.96. The summed E-state index contributed by atoms with van der Waals surface area (Å²) in [6, 6.07) is 6.06. The molecule has 0 amide bonds. The van der Waals surface area contributed by atoms with Crippen molar-refractivity contribution in [3.63, 3.8) is 0 Å². The van der Waals surface area contributed by atoms with E-state index in [1.165, 1.54) is 12.7 Å². The summed E-state index contributed by atoms with van der Waals surface area (Å²) in [5.74, 6) is 0.503. The van der Waals surface area contributed by atoms with Crippen molar-refractivity contribution in [3.8, 4) is 5.75 Å². The van der Waals surface area contributed by atoms with E-state index in [2.05, 4.69) is 6.07 Å². The highest BCUT2D eigenvalue weighted by molar-refractivity contribution is 5.75. The van der Waals surface area contributed by atoms with E-state index in [-0.39, 0.29) is 18.6 Å². The van der Waals surface area contributed by atoms with Crippen LogP contribution in [0.2, 0.25) is 0 Å². The van der Waals surface area contributed by atoms with Crippen molar-refractivity contribution in [2.45, 2.75) is 40.2 Å². The summed E-state index contributed by atoms with van der Waals surface area (Å²) in [4.78, 5) is 11.6. The lowest BCUT2D eigenvalue weighted by molar-refractivity contribution is -0.152. The summed E-state index contributed by atoms with van der Waals surface area (Å²) in [7, 11) is 1.39. The van der Waals surface area contributed by atoms with Crippen LogP contribution in [0.1, 0.15) is 31.9 Å². The number of aryl methyl sites for hydroxylation is 1. The van der Waals surface area contributed by atoms with E-state index in [9.17, 15) is 4.79 Å². The van der Waals surface area contributed by atoms with Gasteiger partial charge < -0.3 is 15.2 Å². The van der Waals surface area contributed by atoms with E-state index in [1.807, 2.05) is 26.0 Å². The molecule has 0 fully saturated rings. The van der Waals surface area contributed by atoms with Crippen LogP contribution in [0, 0.1) is 12.3 Å². The molecule has 0 spiro atoms. The number of hydrogen-bond donors (Lipinski definition) is 1. The van der Waals surface area contributed by atoms with Gasteiger partial charge in [0.25, 0.3) is 0 Å². The highest BCUT2D eigenvalue weighted by atomic mass is 16.5. The number of benzene rings is 1. The van der Waals surface area contributed by atoms with Crippen molar-refractivity contribution < 1.29 is 14.3 Å². The Morgan fingerprint density at radius 2 is 2.05 bits per heavy atom. The number of nitrogens with two attached hydrogens (primary N) is 1. The van der Waals surface area contributed by atoms with Crippen LogP contribution in [0.3, 0.4) is 0 Å². The van der Waals surface area contributed by atoms with Crippen LogP contribution < -0.4 is 10.5 Å². The topological polar surface area (TPSA) is 61.5 Å². The molecule has 112 valence electrons. The molecule has 0 aliphatic carbocycles. The maximum absolute atomic E-state index is 11.6. The predicted molar refractivity (Wildman–Crippen MR) is 79.8 cm³/mol. The fraction of sp³-hybridized carbons (Fsp3) is 0.562. The standard InChI is InChI=1S/C16H25NO3/c1-11-6-7-14(13(8-11)9-12(2)17)20-10-16(3,4)15(18)19-5/h6-8,12H,9-10,17H2,1-5H3. The van der Waals surface area contributed by atoms with Crippen molar-refractivity contribution in [2.75, 3.05) is 13.7 Å². The first-order valence-corrected chi connectivity index (χ1v) is 6.82. The maximum Gasteiger partial charge on any atom is 0.314 e. The molecule has 0 aliphatic rings. The van der Waals surface area contributed by atoms with Gasteiger partial charge in [-0.25, -0.2) is 0 Å². The van der Waals surface area contributed by atoms with Crippen molar-refractivity contribution in [1.29, 1.82) is 0 Å². The molecule has 20 heavy (non-hydrogen) atoms. The van der Waals surface area contributed by atoms with Crippen molar-refractivity contribution in [2.24, 2.45) is 11.1 Å². The summed E-state index contributed by atoms with van der Waals surface area (Å²) in [6.45, 7) is 7.88. The second-order valence-corrected chi connectivity index (χ2v) is 5.96. The van der Waals surface area contributed by atoms with Gasteiger partial charge in [0.1, 0.15) is 12.4 Å². The van der Waals surface area contributed by atoms with Gasteiger partial charge in [0.15, 0.2) is 0 Å². The van der Waals surface area contributed by atoms with Crippen LogP contribution in [0.25, 0.3) is 0 Å². The van der Waals surface area contributed by atoms with E-state index in [4.69, 9.17) is 15.2 Å². The number of ether oxygens (including phenoxy) is 2.